The Balaban J connectivity index is 1.47. The lowest BCUT2D eigenvalue weighted by Gasteiger charge is -2.26. The van der Waals surface area contributed by atoms with Gasteiger partial charge in [-0.15, -0.1) is 0 Å². The van der Waals surface area contributed by atoms with E-state index in [1.165, 1.54) is 19.3 Å². The second-order valence-corrected chi connectivity index (χ2v) is 8.92. The van der Waals surface area contributed by atoms with Crippen molar-refractivity contribution in [1.82, 2.24) is 10.2 Å². The lowest BCUT2D eigenvalue weighted by atomic mass is 9.95. The minimum atomic E-state index is -0.131. The van der Waals surface area contributed by atoms with E-state index in [2.05, 4.69) is 21.2 Å². The highest BCUT2D eigenvalue weighted by Gasteiger charge is 2.40. The van der Waals surface area contributed by atoms with Crippen molar-refractivity contribution in [3.05, 3.63) is 70.2 Å². The van der Waals surface area contributed by atoms with Crippen molar-refractivity contribution in [1.29, 1.82) is 0 Å². The van der Waals surface area contributed by atoms with Crippen LogP contribution in [0.1, 0.15) is 41.6 Å². The molecule has 0 aromatic heterocycles. The van der Waals surface area contributed by atoms with Gasteiger partial charge in [-0.25, -0.2) is 0 Å². The number of halogens is 1. The van der Waals surface area contributed by atoms with E-state index in [0.717, 1.165) is 22.4 Å². The molecule has 2 aliphatic carbocycles. The molecule has 4 nitrogen and oxygen atoms in total. The molecule has 2 bridgehead atoms. The van der Waals surface area contributed by atoms with Crippen molar-refractivity contribution in [3.63, 3.8) is 0 Å². The Labute approximate surface area is 174 Å². The van der Waals surface area contributed by atoms with E-state index < -0.39 is 0 Å². The molecule has 146 valence electrons. The van der Waals surface area contributed by atoms with Crippen LogP contribution < -0.4 is 5.32 Å². The monoisotopic (exact) mass is 440 g/mol. The molecule has 5 heteroatoms. The Hall–Kier alpha value is -2.14. The van der Waals surface area contributed by atoms with Crippen LogP contribution in [0.4, 0.5) is 0 Å². The molecule has 2 amide bonds. The SMILES string of the molecule is O=C(CN(Cc1ccccc1)C(=O)c1cccc(Br)c1)N[C@@H]1C[C@@H]2CC[C@H]1C2. The molecule has 2 aliphatic rings. The van der Waals surface area contributed by atoms with Gasteiger partial charge in [0.1, 0.15) is 6.54 Å². The molecule has 1 N–H and O–H groups in total. The van der Waals surface area contributed by atoms with Crippen molar-refractivity contribution in [3.8, 4) is 0 Å². The number of amides is 2. The number of fused-ring (bicyclic) bond motifs is 2. The van der Waals surface area contributed by atoms with Crippen LogP contribution >= 0.6 is 15.9 Å². The van der Waals surface area contributed by atoms with E-state index in [-0.39, 0.29) is 24.4 Å². The van der Waals surface area contributed by atoms with Gasteiger partial charge in [0.2, 0.25) is 5.91 Å². The van der Waals surface area contributed by atoms with Gasteiger partial charge in [-0.2, -0.15) is 0 Å². The Morgan fingerprint density at radius 2 is 1.86 bits per heavy atom. The highest BCUT2D eigenvalue weighted by molar-refractivity contribution is 9.10. The van der Waals surface area contributed by atoms with Gasteiger partial charge >= 0.3 is 0 Å². The first-order valence-corrected chi connectivity index (χ1v) is 10.8. The number of hydrogen-bond acceptors (Lipinski definition) is 2. The molecule has 0 radical (unpaired) electrons. The summed E-state index contributed by atoms with van der Waals surface area (Å²) in [7, 11) is 0. The summed E-state index contributed by atoms with van der Waals surface area (Å²) in [6.07, 6.45) is 4.86. The first kappa shape index (κ1) is 19.2. The minimum Gasteiger partial charge on any atom is -0.352 e. The topological polar surface area (TPSA) is 49.4 Å². The number of carbonyl (C=O) groups excluding carboxylic acids is 2. The molecule has 0 heterocycles. The quantitative estimate of drug-likeness (QED) is 0.723. The number of nitrogens with zero attached hydrogens (tertiary/aromatic N) is 1. The molecule has 0 aliphatic heterocycles. The fraction of sp³-hybridized carbons (Fsp3) is 0.391. The predicted molar refractivity (Wildman–Crippen MR) is 113 cm³/mol. The molecule has 3 atom stereocenters. The van der Waals surface area contributed by atoms with Crippen molar-refractivity contribution in [2.75, 3.05) is 6.54 Å². The Bertz CT molecular complexity index is 855. The molecule has 4 rings (SSSR count). The largest absolute Gasteiger partial charge is 0.352 e. The number of nitrogens with one attached hydrogen (secondary N) is 1. The van der Waals surface area contributed by atoms with Gasteiger partial charge in [-0.1, -0.05) is 58.7 Å². The third kappa shape index (κ3) is 4.46. The normalized spacial score (nSPS) is 22.8. The van der Waals surface area contributed by atoms with Crippen LogP contribution in [-0.2, 0) is 11.3 Å². The van der Waals surface area contributed by atoms with Crippen LogP contribution in [0.2, 0.25) is 0 Å². The molecule has 2 saturated carbocycles. The number of rotatable bonds is 6. The van der Waals surface area contributed by atoms with Crippen molar-refractivity contribution in [2.45, 2.75) is 38.3 Å². The maximum absolute atomic E-state index is 13.1. The Morgan fingerprint density at radius 1 is 1.04 bits per heavy atom. The van der Waals surface area contributed by atoms with Gasteiger partial charge in [-0.05, 0) is 54.9 Å². The summed E-state index contributed by atoms with van der Waals surface area (Å²) in [6, 6.07) is 17.4. The minimum absolute atomic E-state index is 0.0585. The van der Waals surface area contributed by atoms with E-state index in [1.807, 2.05) is 42.5 Å². The van der Waals surface area contributed by atoms with Crippen molar-refractivity contribution < 1.29 is 9.59 Å². The van der Waals surface area contributed by atoms with E-state index >= 15 is 0 Å². The van der Waals surface area contributed by atoms with Crippen LogP contribution in [0, 0.1) is 11.8 Å². The second-order valence-electron chi connectivity index (χ2n) is 8.01. The summed E-state index contributed by atoms with van der Waals surface area (Å²) < 4.78 is 0.851. The summed E-state index contributed by atoms with van der Waals surface area (Å²) in [5, 5.41) is 3.20. The highest BCUT2D eigenvalue weighted by atomic mass is 79.9. The van der Waals surface area contributed by atoms with Gasteiger partial charge < -0.3 is 10.2 Å². The molecular weight excluding hydrogens is 416 g/mol. The zero-order valence-corrected chi connectivity index (χ0v) is 17.4. The van der Waals surface area contributed by atoms with Crippen LogP contribution in [-0.4, -0.2) is 29.3 Å². The maximum Gasteiger partial charge on any atom is 0.254 e. The molecule has 0 spiro atoms. The third-order valence-electron chi connectivity index (χ3n) is 5.99. The standard InChI is InChI=1S/C23H25BrN2O2/c24-20-8-4-7-19(13-20)23(28)26(14-16-5-2-1-3-6-16)15-22(27)25-21-12-17-9-10-18(21)11-17/h1-8,13,17-18,21H,9-12,14-15H2,(H,25,27)/t17-,18+,21-/m1/s1. The predicted octanol–water partition coefficient (Wildman–Crippen LogP) is 4.40. The fourth-order valence-electron chi connectivity index (χ4n) is 4.65. The lowest BCUT2D eigenvalue weighted by molar-refractivity contribution is -0.122. The van der Waals surface area contributed by atoms with E-state index in [4.69, 9.17) is 0 Å². The first-order valence-electron chi connectivity index (χ1n) is 9.96. The molecular formula is C23H25BrN2O2. The van der Waals surface area contributed by atoms with Crippen LogP contribution in [0.3, 0.4) is 0 Å². The van der Waals surface area contributed by atoms with E-state index in [0.29, 0.717) is 18.0 Å². The summed E-state index contributed by atoms with van der Waals surface area (Å²) in [4.78, 5) is 27.5. The van der Waals surface area contributed by atoms with Crippen LogP contribution in [0.5, 0.6) is 0 Å². The molecule has 2 aromatic carbocycles. The molecule has 2 aromatic rings. The van der Waals surface area contributed by atoms with Gasteiger partial charge in [0.05, 0.1) is 0 Å². The second kappa shape index (κ2) is 8.48. The Kier molecular flexibility index (Phi) is 5.81. The summed E-state index contributed by atoms with van der Waals surface area (Å²) in [5.74, 6) is 1.21. The van der Waals surface area contributed by atoms with Gasteiger partial charge in [0, 0.05) is 22.6 Å². The highest BCUT2D eigenvalue weighted by Crippen LogP contribution is 2.44. The average Bonchev–Trinajstić information content (AvgIpc) is 3.31. The molecule has 0 unspecified atom stereocenters. The smallest absolute Gasteiger partial charge is 0.254 e. The zero-order valence-electron chi connectivity index (χ0n) is 15.8. The fourth-order valence-corrected chi connectivity index (χ4v) is 5.05. The van der Waals surface area contributed by atoms with E-state index in [1.54, 1.807) is 17.0 Å². The summed E-state index contributed by atoms with van der Waals surface area (Å²) in [6.45, 7) is 0.491. The Morgan fingerprint density at radius 3 is 2.54 bits per heavy atom. The molecule has 28 heavy (non-hydrogen) atoms. The molecule has 0 saturated heterocycles. The van der Waals surface area contributed by atoms with E-state index in [9.17, 15) is 9.59 Å². The third-order valence-corrected chi connectivity index (χ3v) is 6.49. The average molecular weight is 441 g/mol. The summed E-state index contributed by atoms with van der Waals surface area (Å²) in [5.41, 5.74) is 1.59. The summed E-state index contributed by atoms with van der Waals surface area (Å²) >= 11 is 3.42. The van der Waals surface area contributed by atoms with Crippen molar-refractivity contribution in [2.24, 2.45) is 11.8 Å². The number of hydrogen-bond donors (Lipinski definition) is 1. The number of benzene rings is 2. The molecule has 2 fully saturated rings. The maximum atomic E-state index is 13.1. The zero-order chi connectivity index (χ0) is 19.5. The lowest BCUT2D eigenvalue weighted by Crippen LogP contribution is -2.45. The van der Waals surface area contributed by atoms with Gasteiger partial charge in [0.15, 0.2) is 0 Å². The van der Waals surface area contributed by atoms with Crippen LogP contribution in [0.15, 0.2) is 59.1 Å². The van der Waals surface area contributed by atoms with Gasteiger partial charge in [0.25, 0.3) is 5.91 Å². The van der Waals surface area contributed by atoms with Crippen LogP contribution in [0.25, 0.3) is 0 Å². The number of carbonyl (C=O) groups is 2. The van der Waals surface area contributed by atoms with Crippen molar-refractivity contribution >= 4 is 27.7 Å². The van der Waals surface area contributed by atoms with Gasteiger partial charge in [-0.3, -0.25) is 9.59 Å². The first-order chi connectivity index (χ1) is 13.6.